The van der Waals surface area contributed by atoms with E-state index < -0.39 is 12.3 Å². The molecule has 1 aromatic carbocycles. The number of hydrogen-bond donors (Lipinski definition) is 1. The Morgan fingerprint density at radius 1 is 1.18 bits per heavy atom. The molecule has 0 saturated carbocycles. The monoisotopic (exact) mass is 409 g/mol. The number of halogens is 3. The number of carbonyl (C=O) groups is 1. The van der Waals surface area contributed by atoms with Gasteiger partial charge < -0.3 is 14.5 Å². The van der Waals surface area contributed by atoms with Crippen molar-refractivity contribution in [2.24, 2.45) is 0 Å². The van der Waals surface area contributed by atoms with E-state index in [1.165, 1.54) is 30.2 Å². The molecule has 0 fully saturated rings. The molecule has 2 aromatic heterocycles. The van der Waals surface area contributed by atoms with Gasteiger partial charge >= 0.3 is 6.36 Å². The number of benzene rings is 1. The lowest BCUT2D eigenvalue weighted by atomic mass is 10.2. The summed E-state index contributed by atoms with van der Waals surface area (Å²) in [5, 5.41) is 3.08. The molecule has 0 saturated heterocycles. The van der Waals surface area contributed by atoms with E-state index in [1.807, 2.05) is 0 Å². The van der Waals surface area contributed by atoms with E-state index in [2.05, 4.69) is 20.0 Å². The molecule has 3 aromatic rings. The summed E-state index contributed by atoms with van der Waals surface area (Å²) in [6, 6.07) is 8.27. The highest BCUT2D eigenvalue weighted by molar-refractivity contribution is 7.98. The van der Waals surface area contributed by atoms with E-state index in [0.717, 1.165) is 12.1 Å². The van der Waals surface area contributed by atoms with Crippen LogP contribution >= 0.6 is 11.8 Å². The molecule has 28 heavy (non-hydrogen) atoms. The first-order chi connectivity index (χ1) is 13.3. The Morgan fingerprint density at radius 3 is 2.46 bits per heavy atom. The number of rotatable bonds is 5. The summed E-state index contributed by atoms with van der Waals surface area (Å²) >= 11 is 1.27. The summed E-state index contributed by atoms with van der Waals surface area (Å²) in [6.07, 6.45) is -1.50. The summed E-state index contributed by atoms with van der Waals surface area (Å²) in [7, 11) is 0. The number of nitrogens with one attached hydrogen (secondary N) is 1. The first-order valence-electron chi connectivity index (χ1n) is 7.90. The van der Waals surface area contributed by atoms with Crippen molar-refractivity contribution in [1.29, 1.82) is 0 Å². The van der Waals surface area contributed by atoms with Crippen LogP contribution in [0.4, 0.5) is 18.9 Å². The van der Waals surface area contributed by atoms with E-state index in [1.54, 1.807) is 25.3 Å². The Bertz CT molecular complexity index is 974. The van der Waals surface area contributed by atoms with Crippen LogP contribution in [0.25, 0.3) is 11.6 Å². The van der Waals surface area contributed by atoms with E-state index in [4.69, 9.17) is 4.42 Å². The quantitative estimate of drug-likeness (QED) is 0.476. The van der Waals surface area contributed by atoms with Gasteiger partial charge in [0.15, 0.2) is 11.6 Å². The zero-order chi connectivity index (χ0) is 20.3. The van der Waals surface area contributed by atoms with Crippen molar-refractivity contribution in [2.75, 3.05) is 11.6 Å². The lowest BCUT2D eigenvalue weighted by molar-refractivity contribution is -0.274. The van der Waals surface area contributed by atoms with Crippen LogP contribution < -0.4 is 10.1 Å². The van der Waals surface area contributed by atoms with Gasteiger partial charge in [-0.05, 0) is 49.6 Å². The fourth-order valence-corrected chi connectivity index (χ4v) is 3.03. The largest absolute Gasteiger partial charge is 0.573 e. The minimum Gasteiger partial charge on any atom is -0.461 e. The number of carbonyl (C=O) groups excluding carboxylic acids is 1. The maximum absolute atomic E-state index is 12.7. The van der Waals surface area contributed by atoms with Crippen molar-refractivity contribution in [2.45, 2.75) is 18.3 Å². The molecule has 0 aliphatic carbocycles. The molecular formula is C18H14F3N3O3S. The van der Waals surface area contributed by atoms with Crippen molar-refractivity contribution in [3.05, 3.63) is 53.9 Å². The topological polar surface area (TPSA) is 77.2 Å². The van der Waals surface area contributed by atoms with Crippen LogP contribution in [-0.2, 0) is 0 Å². The predicted molar refractivity (Wildman–Crippen MR) is 97.3 cm³/mol. The molecule has 1 N–H and O–H groups in total. The van der Waals surface area contributed by atoms with Crippen molar-refractivity contribution >= 4 is 23.4 Å². The number of aromatic nitrogens is 2. The Kier molecular flexibility index (Phi) is 5.59. The Hall–Kier alpha value is -3.01. The predicted octanol–water partition coefficient (Wildman–Crippen LogP) is 4.92. The summed E-state index contributed by atoms with van der Waals surface area (Å²) in [5.41, 5.74) is 1.03. The molecule has 0 unspecified atom stereocenters. The average Bonchev–Trinajstić information content (AvgIpc) is 3.16. The van der Waals surface area contributed by atoms with Crippen LogP contribution in [0.3, 0.4) is 0 Å². The Balaban J connectivity index is 1.82. The maximum Gasteiger partial charge on any atom is 0.573 e. The number of aryl methyl sites for hydroxylation is 1. The first-order valence-corrected chi connectivity index (χ1v) is 9.13. The lowest BCUT2D eigenvalue weighted by Gasteiger charge is -2.12. The van der Waals surface area contributed by atoms with Gasteiger partial charge in [0, 0.05) is 5.69 Å². The van der Waals surface area contributed by atoms with Crippen LogP contribution in [0.1, 0.15) is 16.1 Å². The van der Waals surface area contributed by atoms with Crippen molar-refractivity contribution in [3.8, 4) is 17.3 Å². The van der Waals surface area contributed by atoms with Crippen molar-refractivity contribution < 1.29 is 27.1 Å². The molecule has 0 bridgehead atoms. The third kappa shape index (κ3) is 4.63. The summed E-state index contributed by atoms with van der Waals surface area (Å²) in [4.78, 5) is 21.4. The summed E-state index contributed by atoms with van der Waals surface area (Å²) in [5.74, 6) is -0.0161. The molecule has 0 radical (unpaired) electrons. The highest BCUT2D eigenvalue weighted by atomic mass is 32.2. The van der Waals surface area contributed by atoms with Gasteiger partial charge in [0.1, 0.15) is 10.8 Å². The van der Waals surface area contributed by atoms with Crippen LogP contribution in [-0.4, -0.2) is 28.5 Å². The van der Waals surface area contributed by atoms with Gasteiger partial charge in [-0.2, -0.15) is 0 Å². The van der Waals surface area contributed by atoms with Gasteiger partial charge in [-0.3, -0.25) is 4.79 Å². The smallest absolute Gasteiger partial charge is 0.461 e. The fraction of sp³-hybridized carbons (Fsp3) is 0.167. The minimum absolute atomic E-state index is 0.276. The van der Waals surface area contributed by atoms with E-state index in [9.17, 15) is 18.0 Å². The van der Waals surface area contributed by atoms with E-state index in [-0.39, 0.29) is 11.3 Å². The van der Waals surface area contributed by atoms with Gasteiger partial charge in [-0.1, -0.05) is 0 Å². The second-order valence-corrected chi connectivity index (χ2v) is 6.32. The fourth-order valence-electron chi connectivity index (χ4n) is 2.41. The van der Waals surface area contributed by atoms with Crippen LogP contribution in [0, 0.1) is 6.92 Å². The molecular weight excluding hydrogens is 395 g/mol. The molecule has 146 valence electrons. The standard InChI is InChI=1S/C18H14F3N3O3S/c1-10-14(17(28-2)24-15(22-10)13-4-3-9-26-13)16(25)23-11-5-7-12(8-6-11)27-18(19,20)21/h3-9H,1-2H3,(H,23,25). The molecule has 1 amide bonds. The van der Waals surface area contributed by atoms with Gasteiger partial charge in [0.2, 0.25) is 0 Å². The number of nitrogens with zero attached hydrogens (tertiary/aromatic N) is 2. The molecule has 6 nitrogen and oxygen atoms in total. The minimum atomic E-state index is -4.78. The normalized spacial score (nSPS) is 11.3. The number of thioether (sulfide) groups is 1. The molecule has 0 aliphatic rings. The van der Waals surface area contributed by atoms with E-state index >= 15 is 0 Å². The van der Waals surface area contributed by atoms with E-state index in [0.29, 0.717) is 28.0 Å². The number of furan rings is 1. The molecule has 2 heterocycles. The highest BCUT2D eigenvalue weighted by Gasteiger charge is 2.31. The van der Waals surface area contributed by atoms with Gasteiger partial charge in [-0.15, -0.1) is 24.9 Å². The number of amides is 1. The second kappa shape index (κ2) is 7.93. The van der Waals surface area contributed by atoms with Gasteiger partial charge in [-0.25, -0.2) is 9.97 Å². The summed E-state index contributed by atoms with van der Waals surface area (Å²) < 4.78 is 45.8. The molecule has 0 aliphatic heterocycles. The molecule has 0 spiro atoms. The van der Waals surface area contributed by atoms with Crippen LogP contribution in [0.15, 0.2) is 52.1 Å². The molecule has 3 rings (SSSR count). The third-order valence-corrected chi connectivity index (χ3v) is 4.25. The van der Waals surface area contributed by atoms with Crippen LogP contribution in [0.5, 0.6) is 5.75 Å². The number of hydrogen-bond acceptors (Lipinski definition) is 6. The average molecular weight is 409 g/mol. The Morgan fingerprint density at radius 2 is 1.89 bits per heavy atom. The lowest BCUT2D eigenvalue weighted by Crippen LogP contribution is -2.18. The molecule has 0 atom stereocenters. The third-order valence-electron chi connectivity index (χ3n) is 3.56. The highest BCUT2D eigenvalue weighted by Crippen LogP contribution is 2.27. The molecule has 10 heteroatoms. The SMILES string of the molecule is CSc1nc(-c2ccco2)nc(C)c1C(=O)Nc1ccc(OC(F)(F)F)cc1. The van der Waals surface area contributed by atoms with Crippen LogP contribution in [0.2, 0.25) is 0 Å². The van der Waals surface area contributed by atoms with Gasteiger partial charge in [0.05, 0.1) is 17.5 Å². The van der Waals surface area contributed by atoms with Crippen molar-refractivity contribution in [1.82, 2.24) is 9.97 Å². The van der Waals surface area contributed by atoms with Crippen molar-refractivity contribution in [3.63, 3.8) is 0 Å². The summed E-state index contributed by atoms with van der Waals surface area (Å²) in [6.45, 7) is 1.67. The zero-order valence-corrected chi connectivity index (χ0v) is 15.5. The number of ether oxygens (including phenoxy) is 1. The second-order valence-electron chi connectivity index (χ2n) is 5.52. The first kappa shape index (κ1) is 19.7. The maximum atomic E-state index is 12.7. The number of anilines is 1. The number of alkyl halides is 3. The zero-order valence-electron chi connectivity index (χ0n) is 14.7. The van der Waals surface area contributed by atoms with Gasteiger partial charge in [0.25, 0.3) is 5.91 Å². The Labute approximate surface area is 162 Å².